The van der Waals surface area contributed by atoms with E-state index in [0.717, 1.165) is 12.8 Å². The second kappa shape index (κ2) is 20.6. The number of rotatable bonds is 22. The molecule has 2 N–H and O–H groups in total. The molecule has 1 heterocycles. The lowest BCUT2D eigenvalue weighted by atomic mass is 10.0. The summed E-state index contributed by atoms with van der Waals surface area (Å²) in [6, 6.07) is -0.439. The average Bonchev–Trinajstić information content (AvgIpc) is 2.77. The van der Waals surface area contributed by atoms with E-state index in [4.69, 9.17) is 0 Å². The van der Waals surface area contributed by atoms with Crippen LogP contribution in [0.5, 0.6) is 0 Å². The molecule has 0 aromatic rings. The summed E-state index contributed by atoms with van der Waals surface area (Å²) < 4.78 is 26.7. The number of carbonyl (C=O) groups is 1. The van der Waals surface area contributed by atoms with Crippen molar-refractivity contribution in [3.8, 4) is 0 Å². The Bertz CT molecular complexity index is 459. The molecule has 0 aliphatic carbocycles. The van der Waals surface area contributed by atoms with Crippen LogP contribution in [-0.4, -0.2) is 31.0 Å². The molecule has 0 aromatic carbocycles. The van der Waals surface area contributed by atoms with Gasteiger partial charge in [0.25, 0.3) is 5.92 Å². The van der Waals surface area contributed by atoms with E-state index < -0.39 is 12.0 Å². The molecule has 1 unspecified atom stereocenters. The summed E-state index contributed by atoms with van der Waals surface area (Å²) >= 11 is 0. The van der Waals surface area contributed by atoms with Gasteiger partial charge >= 0.3 is 0 Å². The lowest BCUT2D eigenvalue weighted by Gasteiger charge is -2.30. The topological polar surface area (TPSA) is 41.1 Å². The van der Waals surface area contributed by atoms with E-state index in [9.17, 15) is 13.6 Å². The van der Waals surface area contributed by atoms with Crippen molar-refractivity contribution in [3.05, 3.63) is 0 Å². The van der Waals surface area contributed by atoms with Crippen molar-refractivity contribution in [1.29, 1.82) is 0 Å². The Balaban J connectivity index is 1.74. The maximum atomic E-state index is 13.3. The zero-order valence-corrected chi connectivity index (χ0v) is 21.7. The monoisotopic (exact) mass is 472 g/mol. The zero-order valence-electron chi connectivity index (χ0n) is 21.7. The van der Waals surface area contributed by atoms with Gasteiger partial charge in [0.1, 0.15) is 0 Å². The fourth-order valence-corrected chi connectivity index (χ4v) is 4.88. The van der Waals surface area contributed by atoms with Crippen LogP contribution in [0.25, 0.3) is 0 Å². The molecule has 33 heavy (non-hydrogen) atoms. The van der Waals surface area contributed by atoms with Gasteiger partial charge in [-0.25, -0.2) is 8.78 Å². The van der Waals surface area contributed by atoms with Crippen LogP contribution >= 0.6 is 0 Å². The number of carbonyl (C=O) groups excluding carboxylic acids is 1. The average molecular weight is 473 g/mol. The summed E-state index contributed by atoms with van der Waals surface area (Å²) in [6.07, 6.45) is 27.0. The molecule has 5 heteroatoms. The second-order valence-corrected chi connectivity index (χ2v) is 10.4. The number of unbranched alkanes of at least 4 members (excludes halogenated alkanes) is 19. The van der Waals surface area contributed by atoms with Gasteiger partial charge in [-0.3, -0.25) is 4.79 Å². The first-order chi connectivity index (χ1) is 16.0. The SMILES string of the molecule is CCCCCCCCCCCCCCCCCCCCCCC(=O)NC1CNCC(F)(F)C1. The van der Waals surface area contributed by atoms with Crippen molar-refractivity contribution in [1.82, 2.24) is 10.6 Å². The maximum absolute atomic E-state index is 13.3. The van der Waals surface area contributed by atoms with Gasteiger partial charge in [0.15, 0.2) is 0 Å². The molecule has 1 aliphatic heterocycles. The van der Waals surface area contributed by atoms with Crippen molar-refractivity contribution in [3.63, 3.8) is 0 Å². The molecular weight excluding hydrogens is 418 g/mol. The third-order valence-corrected chi connectivity index (χ3v) is 6.94. The van der Waals surface area contributed by atoms with Gasteiger partial charge in [-0.2, -0.15) is 0 Å². The quantitative estimate of drug-likeness (QED) is 0.156. The molecule has 1 aliphatic rings. The lowest BCUT2D eigenvalue weighted by Crippen LogP contribution is -2.53. The Morgan fingerprint density at radius 2 is 1.12 bits per heavy atom. The smallest absolute Gasteiger partial charge is 0.262 e. The summed E-state index contributed by atoms with van der Waals surface area (Å²) in [5.74, 6) is -2.79. The van der Waals surface area contributed by atoms with Gasteiger partial charge in [-0.15, -0.1) is 0 Å². The highest BCUT2D eigenvalue weighted by atomic mass is 19.3. The van der Waals surface area contributed by atoms with Gasteiger partial charge in [0.2, 0.25) is 5.91 Å². The minimum atomic E-state index is -2.71. The zero-order chi connectivity index (χ0) is 24.0. The van der Waals surface area contributed by atoms with E-state index in [1.54, 1.807) is 0 Å². The van der Waals surface area contributed by atoms with Crippen LogP contribution in [0.2, 0.25) is 0 Å². The van der Waals surface area contributed by atoms with Crippen LogP contribution in [0.4, 0.5) is 8.78 Å². The fraction of sp³-hybridized carbons (Fsp3) is 0.964. The van der Waals surface area contributed by atoms with Gasteiger partial charge in [0, 0.05) is 25.4 Å². The van der Waals surface area contributed by atoms with Crippen molar-refractivity contribution in [2.45, 2.75) is 160 Å². The van der Waals surface area contributed by atoms with Crippen LogP contribution < -0.4 is 10.6 Å². The number of alkyl halides is 2. The summed E-state index contributed by atoms with van der Waals surface area (Å²) in [7, 11) is 0. The first kappa shape index (κ1) is 30.3. The number of hydrogen-bond acceptors (Lipinski definition) is 2. The lowest BCUT2D eigenvalue weighted by molar-refractivity contribution is -0.123. The molecule has 1 rings (SSSR count). The highest BCUT2D eigenvalue weighted by molar-refractivity contribution is 5.76. The number of piperidine rings is 1. The predicted molar refractivity (Wildman–Crippen MR) is 137 cm³/mol. The van der Waals surface area contributed by atoms with Crippen LogP contribution in [-0.2, 0) is 4.79 Å². The minimum absolute atomic E-state index is 0.0816. The van der Waals surface area contributed by atoms with Crippen LogP contribution in [0.1, 0.15) is 148 Å². The Labute approximate surface area is 203 Å². The molecule has 1 amide bonds. The van der Waals surface area contributed by atoms with Crippen LogP contribution in [0.3, 0.4) is 0 Å². The van der Waals surface area contributed by atoms with Gasteiger partial charge in [-0.05, 0) is 6.42 Å². The molecule has 3 nitrogen and oxygen atoms in total. The van der Waals surface area contributed by atoms with E-state index in [-0.39, 0.29) is 18.9 Å². The number of amides is 1. The molecule has 0 aromatic heterocycles. The van der Waals surface area contributed by atoms with E-state index in [0.29, 0.717) is 13.0 Å². The molecule has 0 spiro atoms. The Hall–Kier alpha value is -0.710. The normalized spacial score (nSPS) is 17.8. The Kier molecular flexibility index (Phi) is 19.0. The number of halogens is 2. The molecule has 0 radical (unpaired) electrons. The highest BCUT2D eigenvalue weighted by Crippen LogP contribution is 2.22. The highest BCUT2D eigenvalue weighted by Gasteiger charge is 2.36. The van der Waals surface area contributed by atoms with Gasteiger partial charge in [0.05, 0.1) is 6.54 Å². The number of hydrogen-bond donors (Lipinski definition) is 2. The van der Waals surface area contributed by atoms with Crippen molar-refractivity contribution >= 4 is 5.91 Å². The van der Waals surface area contributed by atoms with Gasteiger partial charge in [-0.1, -0.05) is 129 Å². The van der Waals surface area contributed by atoms with Crippen LogP contribution in [0.15, 0.2) is 0 Å². The summed E-state index contributed by atoms with van der Waals surface area (Å²) in [6.45, 7) is 2.45. The van der Waals surface area contributed by atoms with Gasteiger partial charge < -0.3 is 10.6 Å². The maximum Gasteiger partial charge on any atom is 0.262 e. The summed E-state index contributed by atoms with van der Waals surface area (Å²) in [4.78, 5) is 11.9. The third-order valence-electron chi connectivity index (χ3n) is 6.94. The molecular formula is C28H54F2N2O. The van der Waals surface area contributed by atoms with Crippen molar-refractivity contribution in [2.75, 3.05) is 13.1 Å². The molecule has 1 saturated heterocycles. The summed E-state index contributed by atoms with van der Waals surface area (Å²) in [5, 5.41) is 5.45. The predicted octanol–water partition coefficient (Wildman–Crippen LogP) is 8.31. The second-order valence-electron chi connectivity index (χ2n) is 10.4. The number of nitrogens with one attached hydrogen (secondary N) is 2. The van der Waals surface area contributed by atoms with Crippen molar-refractivity contribution in [2.24, 2.45) is 0 Å². The van der Waals surface area contributed by atoms with E-state index in [1.165, 1.54) is 116 Å². The van der Waals surface area contributed by atoms with Crippen LogP contribution in [0, 0.1) is 0 Å². The Morgan fingerprint density at radius 3 is 1.52 bits per heavy atom. The minimum Gasteiger partial charge on any atom is -0.352 e. The van der Waals surface area contributed by atoms with Crippen molar-refractivity contribution < 1.29 is 13.6 Å². The molecule has 0 saturated carbocycles. The van der Waals surface area contributed by atoms with E-state index in [2.05, 4.69) is 17.6 Å². The summed E-state index contributed by atoms with van der Waals surface area (Å²) in [5.41, 5.74) is 0. The molecule has 1 atom stereocenters. The molecule has 1 fully saturated rings. The van der Waals surface area contributed by atoms with E-state index >= 15 is 0 Å². The standard InChI is InChI=1S/C28H54F2N2O/c1-2-3-4-5-6-7-8-9-10-11-12-13-14-15-16-17-18-19-20-21-22-27(33)32-26-23-28(29,30)25-31-24-26/h26,31H,2-25H2,1H3,(H,32,33). The molecule has 196 valence electrons. The first-order valence-corrected chi connectivity index (χ1v) is 14.4. The third kappa shape index (κ3) is 19.3. The van der Waals surface area contributed by atoms with E-state index in [1.807, 2.05) is 0 Å². The molecule has 0 bridgehead atoms. The fourth-order valence-electron chi connectivity index (χ4n) is 4.88. The Morgan fingerprint density at radius 1 is 0.727 bits per heavy atom. The largest absolute Gasteiger partial charge is 0.352 e. The first-order valence-electron chi connectivity index (χ1n) is 14.4.